The largest absolute Gasteiger partial charge is 0.289 e. The molecule has 1 aromatic heterocycles. The van der Waals surface area contributed by atoms with E-state index in [0.29, 0.717) is 5.56 Å². The first-order chi connectivity index (χ1) is 9.19. The summed E-state index contributed by atoms with van der Waals surface area (Å²) in [5.41, 5.74) is 0.669. The standard InChI is InChI=1S/C12H9BrN2OS3/c1-17-11-14-12(19-15-11)18-7-6-10(16)8-2-4-9(13)5-3-8/h2-7H,1H3/b7-6-. The summed E-state index contributed by atoms with van der Waals surface area (Å²) in [6.07, 6.45) is 3.48. The molecule has 0 unspecified atom stereocenters. The number of hydrogen-bond donors (Lipinski definition) is 0. The quantitative estimate of drug-likeness (QED) is 0.438. The molecule has 1 heterocycles. The van der Waals surface area contributed by atoms with Gasteiger partial charge in [0.1, 0.15) is 0 Å². The zero-order valence-corrected chi connectivity index (χ0v) is 13.9. The Hall–Kier alpha value is -0.630. The lowest BCUT2D eigenvalue weighted by molar-refractivity contribution is 0.104. The van der Waals surface area contributed by atoms with Gasteiger partial charge in [-0.15, -0.1) is 0 Å². The smallest absolute Gasteiger partial charge is 0.200 e. The third-order valence-electron chi connectivity index (χ3n) is 2.09. The van der Waals surface area contributed by atoms with Crippen molar-refractivity contribution in [3.63, 3.8) is 0 Å². The molecule has 0 N–H and O–H groups in total. The van der Waals surface area contributed by atoms with Crippen LogP contribution in [0.2, 0.25) is 0 Å². The molecule has 98 valence electrons. The lowest BCUT2D eigenvalue weighted by Gasteiger charge is -1.95. The Labute approximate surface area is 132 Å². The van der Waals surface area contributed by atoms with Gasteiger partial charge in [0.2, 0.25) is 5.16 Å². The predicted octanol–water partition coefficient (Wildman–Crippen LogP) is 4.51. The van der Waals surface area contributed by atoms with E-state index in [0.717, 1.165) is 14.0 Å². The zero-order valence-electron chi connectivity index (χ0n) is 9.87. The highest BCUT2D eigenvalue weighted by Gasteiger charge is 2.03. The van der Waals surface area contributed by atoms with Crippen molar-refractivity contribution < 1.29 is 4.79 Å². The van der Waals surface area contributed by atoms with Crippen molar-refractivity contribution in [1.82, 2.24) is 9.36 Å². The van der Waals surface area contributed by atoms with Crippen LogP contribution in [0.1, 0.15) is 10.4 Å². The molecule has 19 heavy (non-hydrogen) atoms. The molecular weight excluding hydrogens is 364 g/mol. The number of allylic oxidation sites excluding steroid dienone is 1. The van der Waals surface area contributed by atoms with Crippen LogP contribution < -0.4 is 0 Å². The van der Waals surface area contributed by atoms with Crippen molar-refractivity contribution in [3.05, 3.63) is 45.8 Å². The van der Waals surface area contributed by atoms with Crippen molar-refractivity contribution in [2.75, 3.05) is 6.26 Å². The Balaban J connectivity index is 1.95. The van der Waals surface area contributed by atoms with Gasteiger partial charge >= 0.3 is 0 Å². The van der Waals surface area contributed by atoms with E-state index in [2.05, 4.69) is 25.3 Å². The maximum absolute atomic E-state index is 11.9. The highest BCUT2D eigenvalue weighted by Crippen LogP contribution is 2.24. The third kappa shape index (κ3) is 4.45. The molecule has 0 spiro atoms. The molecule has 0 fully saturated rings. The summed E-state index contributed by atoms with van der Waals surface area (Å²) < 4.78 is 5.95. The molecule has 0 amide bonds. The molecule has 0 saturated heterocycles. The fourth-order valence-corrected chi connectivity index (χ4v) is 3.39. The molecule has 0 radical (unpaired) electrons. The van der Waals surface area contributed by atoms with Crippen molar-refractivity contribution in [3.8, 4) is 0 Å². The average molecular weight is 373 g/mol. The highest BCUT2D eigenvalue weighted by molar-refractivity contribution is 9.10. The maximum atomic E-state index is 11.9. The number of carbonyl (C=O) groups excluding carboxylic acids is 1. The predicted molar refractivity (Wildman–Crippen MR) is 85.2 cm³/mol. The summed E-state index contributed by atoms with van der Waals surface area (Å²) in [4.78, 5) is 16.1. The van der Waals surface area contributed by atoms with Crippen molar-refractivity contribution in [1.29, 1.82) is 0 Å². The second-order valence-corrected chi connectivity index (χ2v) is 6.93. The summed E-state index contributed by atoms with van der Waals surface area (Å²) >= 11 is 7.58. The summed E-state index contributed by atoms with van der Waals surface area (Å²) in [6.45, 7) is 0. The molecule has 0 bridgehead atoms. The van der Waals surface area contributed by atoms with E-state index in [9.17, 15) is 4.79 Å². The molecule has 2 rings (SSSR count). The van der Waals surface area contributed by atoms with Crippen molar-refractivity contribution in [2.24, 2.45) is 0 Å². The van der Waals surface area contributed by atoms with E-state index in [-0.39, 0.29) is 5.78 Å². The Morgan fingerprint density at radius 3 is 2.74 bits per heavy atom. The Morgan fingerprint density at radius 2 is 2.11 bits per heavy atom. The van der Waals surface area contributed by atoms with Gasteiger partial charge in [-0.05, 0) is 53.5 Å². The normalized spacial score (nSPS) is 11.1. The van der Waals surface area contributed by atoms with Gasteiger partial charge < -0.3 is 0 Å². The second kappa shape index (κ2) is 7.23. The van der Waals surface area contributed by atoms with Gasteiger partial charge in [-0.2, -0.15) is 4.37 Å². The molecule has 7 heteroatoms. The lowest BCUT2D eigenvalue weighted by atomic mass is 10.1. The van der Waals surface area contributed by atoms with Gasteiger partial charge in [0.15, 0.2) is 10.1 Å². The third-order valence-corrected chi connectivity index (χ3v) is 4.87. The molecular formula is C12H9BrN2OS3. The Kier molecular flexibility index (Phi) is 5.62. The Morgan fingerprint density at radius 1 is 1.37 bits per heavy atom. The summed E-state index contributed by atoms with van der Waals surface area (Å²) in [6, 6.07) is 7.28. The van der Waals surface area contributed by atoms with E-state index in [1.54, 1.807) is 23.6 Å². The monoisotopic (exact) mass is 372 g/mol. The highest BCUT2D eigenvalue weighted by atomic mass is 79.9. The number of ketones is 1. The molecule has 2 aromatic rings. The van der Waals surface area contributed by atoms with Crippen LogP contribution in [-0.2, 0) is 0 Å². The molecule has 0 aliphatic heterocycles. The number of carbonyl (C=O) groups is 1. The van der Waals surface area contributed by atoms with Crippen LogP contribution in [0.3, 0.4) is 0 Å². The van der Waals surface area contributed by atoms with E-state index >= 15 is 0 Å². The molecule has 0 atom stereocenters. The molecule has 0 saturated carbocycles. The minimum atomic E-state index is -0.0189. The number of benzene rings is 1. The van der Waals surface area contributed by atoms with E-state index in [1.807, 2.05) is 18.4 Å². The summed E-state index contributed by atoms with van der Waals surface area (Å²) in [5.74, 6) is -0.0189. The van der Waals surface area contributed by atoms with Crippen LogP contribution in [0.15, 0.2) is 49.7 Å². The average Bonchev–Trinajstić information content (AvgIpc) is 2.87. The lowest BCUT2D eigenvalue weighted by Crippen LogP contribution is -1.92. The van der Waals surface area contributed by atoms with Gasteiger partial charge in [0.25, 0.3) is 0 Å². The van der Waals surface area contributed by atoms with Crippen LogP contribution in [0.5, 0.6) is 0 Å². The molecule has 1 aromatic carbocycles. The fourth-order valence-electron chi connectivity index (χ4n) is 1.19. The minimum absolute atomic E-state index is 0.0189. The van der Waals surface area contributed by atoms with E-state index in [4.69, 9.17) is 0 Å². The number of aromatic nitrogens is 2. The van der Waals surface area contributed by atoms with Crippen LogP contribution in [-0.4, -0.2) is 21.4 Å². The second-order valence-electron chi connectivity index (χ2n) is 3.34. The first-order valence-electron chi connectivity index (χ1n) is 5.20. The molecule has 3 nitrogen and oxygen atoms in total. The fraction of sp³-hybridized carbons (Fsp3) is 0.0833. The summed E-state index contributed by atoms with van der Waals surface area (Å²) in [7, 11) is 0. The number of thioether (sulfide) groups is 2. The maximum Gasteiger partial charge on any atom is 0.200 e. The van der Waals surface area contributed by atoms with Gasteiger partial charge in [0.05, 0.1) is 0 Å². The van der Waals surface area contributed by atoms with Crippen LogP contribution in [0.4, 0.5) is 0 Å². The summed E-state index contributed by atoms with van der Waals surface area (Å²) in [5, 5.41) is 2.51. The number of halogens is 1. The van der Waals surface area contributed by atoms with Gasteiger partial charge in [0, 0.05) is 10.0 Å². The van der Waals surface area contributed by atoms with Crippen molar-refractivity contribution >= 4 is 56.8 Å². The van der Waals surface area contributed by atoms with E-state index in [1.165, 1.54) is 35.1 Å². The van der Waals surface area contributed by atoms with Gasteiger partial charge in [-0.1, -0.05) is 39.5 Å². The zero-order chi connectivity index (χ0) is 13.7. The van der Waals surface area contributed by atoms with Crippen molar-refractivity contribution in [2.45, 2.75) is 9.50 Å². The van der Waals surface area contributed by atoms with E-state index < -0.39 is 0 Å². The van der Waals surface area contributed by atoms with Crippen LogP contribution in [0.25, 0.3) is 0 Å². The SMILES string of the molecule is CSc1nsc(S/C=C\C(=O)c2ccc(Br)cc2)n1. The number of nitrogens with zero attached hydrogens (tertiary/aromatic N) is 2. The molecule has 0 aliphatic carbocycles. The first kappa shape index (κ1) is 14.8. The van der Waals surface area contributed by atoms with Crippen LogP contribution in [0, 0.1) is 0 Å². The first-order valence-corrected chi connectivity index (χ1v) is 8.87. The number of rotatable bonds is 5. The molecule has 0 aliphatic rings. The Bertz CT molecular complexity index is 595. The van der Waals surface area contributed by atoms with Gasteiger partial charge in [-0.3, -0.25) is 4.79 Å². The van der Waals surface area contributed by atoms with Crippen LogP contribution >= 0.6 is 51.0 Å². The number of hydrogen-bond acceptors (Lipinski definition) is 6. The minimum Gasteiger partial charge on any atom is -0.289 e. The van der Waals surface area contributed by atoms with Gasteiger partial charge in [-0.25, -0.2) is 4.98 Å². The topological polar surface area (TPSA) is 42.9 Å².